The lowest BCUT2D eigenvalue weighted by Crippen LogP contribution is -2.38. The quantitative estimate of drug-likeness (QED) is 0.917. The molecule has 2 rings (SSSR count). The maximum Gasteiger partial charge on any atom is 0.150 e. The van der Waals surface area contributed by atoms with E-state index in [2.05, 4.69) is 12.2 Å². The Hall–Kier alpha value is -1.07. The Bertz CT molecular complexity index is 513. The number of hydrogen-bond acceptors (Lipinski definition) is 4. The minimum absolute atomic E-state index is 0.155. The van der Waals surface area contributed by atoms with E-state index < -0.39 is 9.84 Å². The fourth-order valence-electron chi connectivity index (χ4n) is 2.52. The minimum Gasteiger partial charge on any atom is -0.496 e. The molecule has 5 heteroatoms. The van der Waals surface area contributed by atoms with Crippen LogP contribution in [0.25, 0.3) is 0 Å². The molecule has 1 aromatic carbocycles. The van der Waals surface area contributed by atoms with Crippen molar-refractivity contribution in [3.63, 3.8) is 0 Å². The summed E-state index contributed by atoms with van der Waals surface area (Å²) in [5.74, 6) is 1.46. The smallest absolute Gasteiger partial charge is 0.150 e. The van der Waals surface area contributed by atoms with Gasteiger partial charge in [0.2, 0.25) is 0 Å². The van der Waals surface area contributed by atoms with Crippen molar-refractivity contribution < 1.29 is 13.2 Å². The molecule has 1 saturated heterocycles. The molecule has 1 atom stereocenters. The summed E-state index contributed by atoms with van der Waals surface area (Å²) < 4.78 is 28.2. The standard InChI is InChI=1S/C14H21NO3S/c1-11(13-5-3-4-6-14(13)18-2)15-12-7-9-19(16,17)10-8-12/h3-6,11-12,15H,7-10H2,1-2H3. The largest absolute Gasteiger partial charge is 0.496 e. The third-order valence-corrected chi connectivity index (χ3v) is 5.36. The molecule has 0 spiro atoms. The topological polar surface area (TPSA) is 55.4 Å². The Balaban J connectivity index is 2.00. The van der Waals surface area contributed by atoms with E-state index in [-0.39, 0.29) is 12.1 Å². The van der Waals surface area contributed by atoms with E-state index in [1.807, 2.05) is 24.3 Å². The Morgan fingerprint density at radius 2 is 1.89 bits per heavy atom. The van der Waals surface area contributed by atoms with Gasteiger partial charge in [-0.3, -0.25) is 0 Å². The number of hydrogen-bond donors (Lipinski definition) is 1. The third-order valence-electron chi connectivity index (χ3n) is 3.65. The van der Waals surface area contributed by atoms with E-state index in [0.29, 0.717) is 24.3 Å². The zero-order valence-corrected chi connectivity index (χ0v) is 12.2. The maximum absolute atomic E-state index is 11.4. The van der Waals surface area contributed by atoms with Gasteiger partial charge in [0, 0.05) is 17.6 Å². The monoisotopic (exact) mass is 283 g/mol. The second-order valence-corrected chi connectivity index (χ2v) is 7.36. The minimum atomic E-state index is -2.79. The van der Waals surface area contributed by atoms with Crippen molar-refractivity contribution in [3.05, 3.63) is 29.8 Å². The molecule has 0 amide bonds. The highest BCUT2D eigenvalue weighted by molar-refractivity contribution is 7.91. The van der Waals surface area contributed by atoms with Crippen LogP contribution in [-0.2, 0) is 9.84 Å². The number of sulfone groups is 1. The summed E-state index contributed by atoms with van der Waals surface area (Å²) in [6, 6.07) is 8.34. The van der Waals surface area contributed by atoms with Crippen molar-refractivity contribution in [2.75, 3.05) is 18.6 Å². The summed E-state index contributed by atoms with van der Waals surface area (Å²) in [6.45, 7) is 2.08. The second-order valence-electron chi connectivity index (χ2n) is 5.06. The van der Waals surface area contributed by atoms with E-state index in [1.54, 1.807) is 7.11 Å². The van der Waals surface area contributed by atoms with Gasteiger partial charge in [-0.05, 0) is 25.8 Å². The second kappa shape index (κ2) is 5.92. The molecular weight excluding hydrogens is 262 g/mol. The zero-order valence-electron chi connectivity index (χ0n) is 11.4. The molecule has 106 valence electrons. The molecule has 4 nitrogen and oxygen atoms in total. The van der Waals surface area contributed by atoms with Crippen LogP contribution in [0.2, 0.25) is 0 Å². The first-order valence-electron chi connectivity index (χ1n) is 6.61. The summed E-state index contributed by atoms with van der Waals surface area (Å²) in [5.41, 5.74) is 1.11. The van der Waals surface area contributed by atoms with Gasteiger partial charge < -0.3 is 10.1 Å². The first-order valence-corrected chi connectivity index (χ1v) is 8.43. The fourth-order valence-corrected chi connectivity index (χ4v) is 4.02. The van der Waals surface area contributed by atoms with Gasteiger partial charge in [0.15, 0.2) is 0 Å². The molecule has 1 heterocycles. The summed E-state index contributed by atoms with van der Waals surface area (Å²) in [6.07, 6.45) is 1.39. The van der Waals surface area contributed by atoms with Crippen LogP contribution in [0.3, 0.4) is 0 Å². The van der Waals surface area contributed by atoms with E-state index >= 15 is 0 Å². The average molecular weight is 283 g/mol. The average Bonchev–Trinajstić information content (AvgIpc) is 2.41. The molecule has 1 fully saturated rings. The van der Waals surface area contributed by atoms with Crippen LogP contribution in [0.5, 0.6) is 5.75 Å². The van der Waals surface area contributed by atoms with E-state index in [9.17, 15) is 8.42 Å². The highest BCUT2D eigenvalue weighted by Crippen LogP contribution is 2.26. The predicted molar refractivity (Wildman–Crippen MR) is 76.2 cm³/mol. The van der Waals surface area contributed by atoms with Crippen molar-refractivity contribution in [2.45, 2.75) is 31.8 Å². The van der Waals surface area contributed by atoms with Gasteiger partial charge in [0.05, 0.1) is 18.6 Å². The molecule has 0 aliphatic carbocycles. The third kappa shape index (κ3) is 3.70. The number of benzene rings is 1. The van der Waals surface area contributed by atoms with Crippen LogP contribution in [0.1, 0.15) is 31.4 Å². The summed E-state index contributed by atoms with van der Waals surface area (Å²) in [5, 5.41) is 3.50. The molecule has 0 saturated carbocycles. The normalized spacial score (nSPS) is 20.9. The number of nitrogens with one attached hydrogen (secondary N) is 1. The summed E-state index contributed by atoms with van der Waals surface area (Å²) >= 11 is 0. The number of ether oxygens (including phenoxy) is 1. The maximum atomic E-state index is 11.4. The van der Waals surface area contributed by atoms with Crippen LogP contribution in [0.15, 0.2) is 24.3 Å². The molecule has 1 unspecified atom stereocenters. The Morgan fingerprint density at radius 1 is 1.26 bits per heavy atom. The van der Waals surface area contributed by atoms with Crippen molar-refractivity contribution in [3.8, 4) is 5.75 Å². The molecule has 1 aliphatic heterocycles. The Labute approximate surface area is 115 Å². The van der Waals surface area contributed by atoms with E-state index in [1.165, 1.54) is 0 Å². The molecular formula is C14H21NO3S. The molecule has 1 aromatic rings. The van der Waals surface area contributed by atoms with E-state index in [4.69, 9.17) is 4.74 Å². The molecule has 1 aliphatic rings. The molecule has 0 bridgehead atoms. The zero-order chi connectivity index (χ0) is 13.9. The van der Waals surface area contributed by atoms with Gasteiger partial charge in [0.1, 0.15) is 15.6 Å². The van der Waals surface area contributed by atoms with Gasteiger partial charge in [-0.25, -0.2) is 8.42 Å². The Morgan fingerprint density at radius 3 is 2.53 bits per heavy atom. The number of rotatable bonds is 4. The van der Waals surface area contributed by atoms with Gasteiger partial charge in [0.25, 0.3) is 0 Å². The molecule has 0 radical (unpaired) electrons. The van der Waals surface area contributed by atoms with Crippen LogP contribution in [0.4, 0.5) is 0 Å². The predicted octanol–water partition coefficient (Wildman–Crippen LogP) is 1.92. The van der Waals surface area contributed by atoms with Crippen LogP contribution in [0, 0.1) is 0 Å². The lowest BCUT2D eigenvalue weighted by atomic mass is 10.0. The molecule has 19 heavy (non-hydrogen) atoms. The van der Waals surface area contributed by atoms with Gasteiger partial charge in [-0.1, -0.05) is 18.2 Å². The summed E-state index contributed by atoms with van der Waals surface area (Å²) in [4.78, 5) is 0. The first-order chi connectivity index (χ1) is 9.02. The van der Waals surface area contributed by atoms with Crippen LogP contribution >= 0.6 is 0 Å². The highest BCUT2D eigenvalue weighted by atomic mass is 32.2. The first kappa shape index (κ1) is 14.3. The molecule has 0 aromatic heterocycles. The van der Waals surface area contributed by atoms with Crippen molar-refractivity contribution >= 4 is 9.84 Å². The number of para-hydroxylation sites is 1. The van der Waals surface area contributed by atoms with Crippen LogP contribution < -0.4 is 10.1 Å². The van der Waals surface area contributed by atoms with Gasteiger partial charge in [-0.2, -0.15) is 0 Å². The van der Waals surface area contributed by atoms with Crippen molar-refractivity contribution in [2.24, 2.45) is 0 Å². The number of methoxy groups -OCH3 is 1. The van der Waals surface area contributed by atoms with E-state index in [0.717, 1.165) is 11.3 Å². The molecule has 1 N–H and O–H groups in total. The fraction of sp³-hybridized carbons (Fsp3) is 0.571. The van der Waals surface area contributed by atoms with Crippen LogP contribution in [-0.4, -0.2) is 33.1 Å². The SMILES string of the molecule is COc1ccccc1C(C)NC1CCS(=O)(=O)CC1. The Kier molecular flexibility index (Phi) is 4.47. The van der Waals surface area contributed by atoms with Gasteiger partial charge in [-0.15, -0.1) is 0 Å². The van der Waals surface area contributed by atoms with Crippen molar-refractivity contribution in [1.29, 1.82) is 0 Å². The lowest BCUT2D eigenvalue weighted by Gasteiger charge is -2.27. The van der Waals surface area contributed by atoms with Crippen molar-refractivity contribution in [1.82, 2.24) is 5.32 Å². The highest BCUT2D eigenvalue weighted by Gasteiger charge is 2.25. The summed E-state index contributed by atoms with van der Waals surface area (Å²) in [7, 11) is -1.13. The lowest BCUT2D eigenvalue weighted by molar-refractivity contribution is 0.384. The van der Waals surface area contributed by atoms with Gasteiger partial charge >= 0.3 is 0 Å².